The van der Waals surface area contributed by atoms with Crippen LogP contribution in [0.5, 0.6) is 0 Å². The van der Waals surface area contributed by atoms with Gasteiger partial charge in [-0.15, -0.1) is 0 Å². The normalized spacial score (nSPS) is 22.5. The van der Waals surface area contributed by atoms with Gasteiger partial charge >= 0.3 is 0 Å². The van der Waals surface area contributed by atoms with Crippen LogP contribution >= 0.6 is 0 Å². The number of nitrogens with zero attached hydrogens (tertiary/aromatic N) is 2. The highest BCUT2D eigenvalue weighted by molar-refractivity contribution is 5.86. The van der Waals surface area contributed by atoms with Gasteiger partial charge in [-0.1, -0.05) is 43.5 Å². The van der Waals surface area contributed by atoms with Gasteiger partial charge in [0.15, 0.2) is 0 Å². The van der Waals surface area contributed by atoms with E-state index in [4.69, 9.17) is 5.73 Å². The molecule has 2 saturated carbocycles. The van der Waals surface area contributed by atoms with Gasteiger partial charge in [-0.25, -0.2) is 0 Å². The first kappa shape index (κ1) is 23.1. The monoisotopic (exact) mass is 458 g/mol. The standard InChI is InChI=1S/C29H38N4O/c30-23-12-14-24(15-13-23)32-29(34)17-26(22-9-6-16-31-18-22)27-20-33(19-21-7-2-1-3-8-21)28-11-5-4-10-25(27)28/h4-6,9-11,16,18,20-21,23-24,26H,1-3,7-8,12-15,17,19,30H2,(H,32,34). The van der Waals surface area contributed by atoms with Crippen LogP contribution in [0.4, 0.5) is 0 Å². The largest absolute Gasteiger partial charge is 0.353 e. The van der Waals surface area contributed by atoms with Crippen LogP contribution in [0.2, 0.25) is 0 Å². The van der Waals surface area contributed by atoms with Crippen molar-refractivity contribution >= 4 is 16.8 Å². The van der Waals surface area contributed by atoms with Crippen LogP contribution in [-0.2, 0) is 11.3 Å². The Morgan fingerprint density at radius 3 is 2.59 bits per heavy atom. The number of amides is 1. The summed E-state index contributed by atoms with van der Waals surface area (Å²) in [7, 11) is 0. The van der Waals surface area contributed by atoms with Crippen molar-refractivity contribution in [1.82, 2.24) is 14.9 Å². The number of pyridine rings is 1. The van der Waals surface area contributed by atoms with Crippen LogP contribution < -0.4 is 11.1 Å². The number of para-hydroxylation sites is 1. The molecular formula is C29H38N4O. The van der Waals surface area contributed by atoms with E-state index in [0.717, 1.165) is 43.7 Å². The Bertz CT molecular complexity index is 1080. The SMILES string of the molecule is NC1CCC(NC(=O)CC(c2cccnc2)c2cn(CC3CCCCC3)c3ccccc23)CC1. The van der Waals surface area contributed by atoms with Gasteiger partial charge in [0.2, 0.25) is 5.91 Å². The van der Waals surface area contributed by atoms with E-state index in [1.165, 1.54) is 48.6 Å². The zero-order valence-electron chi connectivity index (χ0n) is 20.2. The fourth-order valence-electron chi connectivity index (χ4n) is 6.08. The molecule has 1 unspecified atom stereocenters. The lowest BCUT2D eigenvalue weighted by Crippen LogP contribution is -2.40. The molecule has 0 saturated heterocycles. The van der Waals surface area contributed by atoms with Crippen LogP contribution in [0, 0.1) is 5.92 Å². The molecule has 2 heterocycles. The number of fused-ring (bicyclic) bond motifs is 1. The molecule has 0 aliphatic heterocycles. The molecule has 3 N–H and O–H groups in total. The number of carbonyl (C=O) groups is 1. The van der Waals surface area contributed by atoms with Gasteiger partial charge in [-0.3, -0.25) is 9.78 Å². The molecular weight excluding hydrogens is 420 g/mol. The number of aromatic nitrogens is 2. The summed E-state index contributed by atoms with van der Waals surface area (Å²) in [5, 5.41) is 4.56. The molecule has 5 rings (SSSR count). The lowest BCUT2D eigenvalue weighted by atomic mass is 9.88. The number of benzene rings is 1. The van der Waals surface area contributed by atoms with E-state index in [1.807, 2.05) is 12.3 Å². The highest BCUT2D eigenvalue weighted by Crippen LogP contribution is 2.36. The third kappa shape index (κ3) is 5.35. The van der Waals surface area contributed by atoms with E-state index in [9.17, 15) is 4.79 Å². The quantitative estimate of drug-likeness (QED) is 0.489. The predicted octanol–water partition coefficient (Wildman–Crippen LogP) is 5.52. The zero-order valence-corrected chi connectivity index (χ0v) is 20.2. The highest BCUT2D eigenvalue weighted by atomic mass is 16.1. The molecule has 0 spiro atoms. The Morgan fingerprint density at radius 2 is 1.82 bits per heavy atom. The van der Waals surface area contributed by atoms with Crippen LogP contribution in [0.25, 0.3) is 10.9 Å². The lowest BCUT2D eigenvalue weighted by molar-refractivity contribution is -0.122. The van der Waals surface area contributed by atoms with Crippen LogP contribution in [0.15, 0.2) is 55.0 Å². The number of nitrogens with one attached hydrogen (secondary N) is 1. The molecule has 34 heavy (non-hydrogen) atoms. The molecule has 1 atom stereocenters. The van der Waals surface area contributed by atoms with E-state index >= 15 is 0 Å². The average Bonchev–Trinajstić information content (AvgIpc) is 3.23. The Hall–Kier alpha value is -2.66. The summed E-state index contributed by atoms with van der Waals surface area (Å²) < 4.78 is 2.45. The Kier molecular flexibility index (Phi) is 7.29. The topological polar surface area (TPSA) is 72.9 Å². The molecule has 1 amide bonds. The Balaban J connectivity index is 1.43. The van der Waals surface area contributed by atoms with Gasteiger partial charge in [0.25, 0.3) is 0 Å². The molecule has 5 heteroatoms. The first-order chi connectivity index (χ1) is 16.7. The summed E-state index contributed by atoms with van der Waals surface area (Å²) in [6, 6.07) is 13.3. The summed E-state index contributed by atoms with van der Waals surface area (Å²) in [6.45, 7) is 1.06. The minimum atomic E-state index is -0.0166. The second kappa shape index (κ2) is 10.7. The van der Waals surface area contributed by atoms with Crippen molar-refractivity contribution in [3.8, 4) is 0 Å². The molecule has 2 fully saturated rings. The van der Waals surface area contributed by atoms with Crippen molar-refractivity contribution in [2.45, 2.75) is 88.8 Å². The molecule has 0 radical (unpaired) electrons. The van der Waals surface area contributed by atoms with Crippen molar-refractivity contribution in [2.24, 2.45) is 11.7 Å². The maximum Gasteiger partial charge on any atom is 0.221 e. The molecule has 180 valence electrons. The van der Waals surface area contributed by atoms with Gasteiger partial charge in [-0.05, 0) is 67.7 Å². The van der Waals surface area contributed by atoms with E-state index < -0.39 is 0 Å². The summed E-state index contributed by atoms with van der Waals surface area (Å²) in [4.78, 5) is 17.6. The third-order valence-electron chi connectivity index (χ3n) is 7.99. The van der Waals surface area contributed by atoms with E-state index in [2.05, 4.69) is 51.4 Å². The van der Waals surface area contributed by atoms with Crippen molar-refractivity contribution < 1.29 is 4.79 Å². The molecule has 1 aromatic carbocycles. The maximum absolute atomic E-state index is 13.2. The van der Waals surface area contributed by atoms with Gasteiger partial charge in [0.1, 0.15) is 0 Å². The first-order valence-electron chi connectivity index (χ1n) is 13.2. The molecule has 2 aromatic heterocycles. The van der Waals surface area contributed by atoms with Crippen LogP contribution in [-0.4, -0.2) is 27.5 Å². The van der Waals surface area contributed by atoms with Crippen LogP contribution in [0.1, 0.15) is 81.3 Å². The van der Waals surface area contributed by atoms with Gasteiger partial charge in [0, 0.05) is 60.5 Å². The number of carbonyl (C=O) groups excluding carboxylic acids is 1. The zero-order chi connectivity index (χ0) is 23.3. The minimum Gasteiger partial charge on any atom is -0.353 e. The third-order valence-corrected chi connectivity index (χ3v) is 7.99. The summed E-state index contributed by atoms with van der Waals surface area (Å²) in [5.41, 5.74) is 9.67. The molecule has 3 aromatic rings. The summed E-state index contributed by atoms with van der Waals surface area (Å²) in [5.74, 6) is 0.853. The van der Waals surface area contributed by atoms with Crippen molar-refractivity contribution in [3.63, 3.8) is 0 Å². The lowest BCUT2D eigenvalue weighted by Gasteiger charge is -2.27. The van der Waals surface area contributed by atoms with Gasteiger partial charge < -0.3 is 15.6 Å². The fraction of sp³-hybridized carbons (Fsp3) is 0.517. The maximum atomic E-state index is 13.2. The van der Waals surface area contributed by atoms with Gasteiger partial charge in [0.05, 0.1) is 0 Å². The summed E-state index contributed by atoms with van der Waals surface area (Å²) in [6.07, 6.45) is 17.1. The molecule has 2 aliphatic carbocycles. The van der Waals surface area contributed by atoms with Crippen LogP contribution in [0.3, 0.4) is 0 Å². The average molecular weight is 459 g/mol. The Morgan fingerprint density at radius 1 is 1.03 bits per heavy atom. The van der Waals surface area contributed by atoms with Gasteiger partial charge in [-0.2, -0.15) is 0 Å². The molecule has 5 nitrogen and oxygen atoms in total. The van der Waals surface area contributed by atoms with E-state index in [0.29, 0.717) is 6.42 Å². The number of hydrogen-bond acceptors (Lipinski definition) is 3. The number of hydrogen-bond donors (Lipinski definition) is 2. The first-order valence-corrected chi connectivity index (χ1v) is 13.2. The minimum absolute atomic E-state index is 0.0166. The second-order valence-corrected chi connectivity index (χ2v) is 10.5. The highest BCUT2D eigenvalue weighted by Gasteiger charge is 2.26. The number of nitrogens with two attached hydrogens (primary N) is 1. The summed E-state index contributed by atoms with van der Waals surface area (Å²) >= 11 is 0. The fourth-order valence-corrected chi connectivity index (χ4v) is 6.08. The van der Waals surface area contributed by atoms with E-state index in [-0.39, 0.29) is 23.9 Å². The number of rotatable bonds is 7. The molecule has 2 aliphatic rings. The van der Waals surface area contributed by atoms with Crippen molar-refractivity contribution in [3.05, 3.63) is 66.1 Å². The van der Waals surface area contributed by atoms with Crippen molar-refractivity contribution in [2.75, 3.05) is 0 Å². The smallest absolute Gasteiger partial charge is 0.221 e. The van der Waals surface area contributed by atoms with Crippen molar-refractivity contribution in [1.29, 1.82) is 0 Å². The second-order valence-electron chi connectivity index (χ2n) is 10.5. The predicted molar refractivity (Wildman–Crippen MR) is 138 cm³/mol. The Labute approximate surface area is 203 Å². The van der Waals surface area contributed by atoms with E-state index in [1.54, 1.807) is 6.20 Å². The molecule has 0 bridgehead atoms.